The predicted octanol–water partition coefficient (Wildman–Crippen LogP) is 4.64. The van der Waals surface area contributed by atoms with Crippen LogP contribution in [0.2, 0.25) is 10.0 Å². The highest BCUT2D eigenvalue weighted by atomic mass is 35.5. The van der Waals surface area contributed by atoms with Crippen LogP contribution in [0.15, 0.2) is 18.2 Å². The number of halogens is 2. The minimum atomic E-state index is -0.662. The number of aliphatic hydroxyl groups is 1. The Bertz CT molecular complexity index is 529. The highest BCUT2D eigenvalue weighted by molar-refractivity contribution is 6.42. The van der Waals surface area contributed by atoms with Crippen LogP contribution in [0.5, 0.6) is 0 Å². The summed E-state index contributed by atoms with van der Waals surface area (Å²) in [6.07, 6.45) is 6.14. The molecule has 3 saturated carbocycles. The lowest BCUT2D eigenvalue weighted by molar-refractivity contribution is -0.0512. The van der Waals surface area contributed by atoms with E-state index in [-0.39, 0.29) is 0 Å². The summed E-state index contributed by atoms with van der Waals surface area (Å²) in [6.45, 7) is 0. The molecule has 3 aliphatic carbocycles. The molecule has 1 N–H and O–H groups in total. The summed E-state index contributed by atoms with van der Waals surface area (Å²) < 4.78 is 0. The first-order chi connectivity index (χ1) is 9.09. The first kappa shape index (κ1) is 12.5. The third-order valence-corrected chi connectivity index (χ3v) is 6.65. The Morgan fingerprint density at radius 2 is 1.89 bits per heavy atom. The maximum absolute atomic E-state index is 11.2. The molecule has 3 aliphatic rings. The first-order valence-corrected chi connectivity index (χ1v) is 8.03. The standard InChI is InChI=1S/C16H18Cl2O/c17-14-5-4-10(7-15(14)18)16(19)8-9-6-13(16)12-3-1-2-11(9)12/h4-5,7,9,11-13,19H,1-3,6,8H2. The van der Waals surface area contributed by atoms with Crippen LogP contribution in [0.3, 0.4) is 0 Å². The van der Waals surface area contributed by atoms with Crippen molar-refractivity contribution in [3.05, 3.63) is 33.8 Å². The van der Waals surface area contributed by atoms with Crippen molar-refractivity contribution in [3.63, 3.8) is 0 Å². The molecule has 0 aromatic heterocycles. The van der Waals surface area contributed by atoms with Gasteiger partial charge in [-0.15, -0.1) is 0 Å². The number of fused-ring (bicyclic) bond motifs is 5. The van der Waals surface area contributed by atoms with Crippen LogP contribution in [-0.2, 0) is 5.60 Å². The second-order valence-corrected chi connectivity index (χ2v) is 7.43. The molecule has 1 aromatic carbocycles. The van der Waals surface area contributed by atoms with E-state index in [9.17, 15) is 5.11 Å². The van der Waals surface area contributed by atoms with E-state index in [0.717, 1.165) is 29.7 Å². The van der Waals surface area contributed by atoms with Crippen molar-refractivity contribution in [3.8, 4) is 0 Å². The van der Waals surface area contributed by atoms with E-state index in [4.69, 9.17) is 23.2 Å². The molecule has 19 heavy (non-hydrogen) atoms. The molecular formula is C16H18Cl2O. The SMILES string of the molecule is OC1(c2ccc(Cl)c(Cl)c2)CC2CC1C1CCCC21. The molecule has 102 valence electrons. The van der Waals surface area contributed by atoms with Gasteiger partial charge in [0.1, 0.15) is 0 Å². The van der Waals surface area contributed by atoms with Crippen molar-refractivity contribution in [2.24, 2.45) is 23.7 Å². The largest absolute Gasteiger partial charge is 0.385 e. The first-order valence-electron chi connectivity index (χ1n) is 7.27. The topological polar surface area (TPSA) is 20.2 Å². The Hall–Kier alpha value is -0.240. The number of hydrogen-bond acceptors (Lipinski definition) is 1. The Morgan fingerprint density at radius 3 is 2.68 bits per heavy atom. The molecule has 1 aromatic rings. The molecule has 0 amide bonds. The molecule has 4 rings (SSSR count). The van der Waals surface area contributed by atoms with E-state index < -0.39 is 5.60 Å². The van der Waals surface area contributed by atoms with Crippen molar-refractivity contribution < 1.29 is 5.11 Å². The third kappa shape index (κ3) is 1.65. The van der Waals surface area contributed by atoms with Gasteiger partial charge in [-0.1, -0.05) is 35.7 Å². The average molecular weight is 297 g/mol. The van der Waals surface area contributed by atoms with Gasteiger partial charge in [-0.3, -0.25) is 0 Å². The van der Waals surface area contributed by atoms with E-state index in [1.54, 1.807) is 0 Å². The lowest BCUT2D eigenvalue weighted by Crippen LogP contribution is -2.38. The maximum atomic E-state index is 11.2. The Morgan fingerprint density at radius 1 is 1.11 bits per heavy atom. The molecule has 2 bridgehead atoms. The fourth-order valence-corrected chi connectivity index (χ4v) is 5.51. The van der Waals surface area contributed by atoms with Gasteiger partial charge in [0, 0.05) is 0 Å². The summed E-state index contributed by atoms with van der Waals surface area (Å²) in [6, 6.07) is 5.64. The van der Waals surface area contributed by atoms with Gasteiger partial charge in [-0.25, -0.2) is 0 Å². The number of hydrogen-bond donors (Lipinski definition) is 1. The quantitative estimate of drug-likeness (QED) is 0.801. The van der Waals surface area contributed by atoms with Crippen LogP contribution >= 0.6 is 23.2 Å². The van der Waals surface area contributed by atoms with E-state index in [1.165, 1.54) is 25.7 Å². The van der Waals surface area contributed by atoms with Crippen molar-refractivity contribution in [2.75, 3.05) is 0 Å². The summed E-state index contributed by atoms with van der Waals surface area (Å²) >= 11 is 12.1. The zero-order chi connectivity index (χ0) is 13.2. The molecule has 0 aliphatic heterocycles. The van der Waals surface area contributed by atoms with Gasteiger partial charge in [0.15, 0.2) is 0 Å². The van der Waals surface area contributed by atoms with E-state index in [0.29, 0.717) is 16.0 Å². The monoisotopic (exact) mass is 296 g/mol. The molecule has 0 radical (unpaired) electrons. The highest BCUT2D eigenvalue weighted by Gasteiger charge is 2.60. The van der Waals surface area contributed by atoms with Crippen LogP contribution in [0.4, 0.5) is 0 Å². The summed E-state index contributed by atoms with van der Waals surface area (Å²) in [7, 11) is 0. The number of benzene rings is 1. The average Bonchev–Trinajstić information content (AvgIpc) is 3.03. The van der Waals surface area contributed by atoms with Crippen molar-refractivity contribution in [2.45, 2.75) is 37.7 Å². The zero-order valence-electron chi connectivity index (χ0n) is 10.8. The highest BCUT2D eigenvalue weighted by Crippen LogP contribution is 2.65. The lowest BCUT2D eigenvalue weighted by atomic mass is 9.70. The molecule has 0 spiro atoms. The molecule has 0 heterocycles. The predicted molar refractivity (Wildman–Crippen MR) is 77.4 cm³/mol. The summed E-state index contributed by atoms with van der Waals surface area (Å²) in [5.41, 5.74) is 0.310. The fourth-order valence-electron chi connectivity index (χ4n) is 5.21. The molecule has 3 heteroatoms. The van der Waals surface area contributed by atoms with Crippen molar-refractivity contribution >= 4 is 23.2 Å². The summed E-state index contributed by atoms with van der Waals surface area (Å²) in [4.78, 5) is 0. The van der Waals surface area contributed by atoms with Gasteiger partial charge in [0.25, 0.3) is 0 Å². The van der Waals surface area contributed by atoms with Crippen molar-refractivity contribution in [1.82, 2.24) is 0 Å². The minimum Gasteiger partial charge on any atom is -0.385 e. The van der Waals surface area contributed by atoms with Gasteiger partial charge < -0.3 is 5.11 Å². The van der Waals surface area contributed by atoms with Crippen LogP contribution in [0, 0.1) is 23.7 Å². The van der Waals surface area contributed by atoms with Gasteiger partial charge in [0.05, 0.1) is 15.6 Å². The van der Waals surface area contributed by atoms with Gasteiger partial charge in [0.2, 0.25) is 0 Å². The Balaban J connectivity index is 1.73. The summed E-state index contributed by atoms with van der Waals surface area (Å²) in [5, 5.41) is 12.3. The van der Waals surface area contributed by atoms with E-state index in [2.05, 4.69) is 0 Å². The van der Waals surface area contributed by atoms with Gasteiger partial charge in [-0.2, -0.15) is 0 Å². The van der Waals surface area contributed by atoms with Gasteiger partial charge >= 0.3 is 0 Å². The normalized spacial score (nSPS) is 43.7. The molecule has 3 fully saturated rings. The molecular weight excluding hydrogens is 279 g/mol. The van der Waals surface area contributed by atoms with E-state index >= 15 is 0 Å². The molecule has 1 nitrogen and oxygen atoms in total. The van der Waals surface area contributed by atoms with Crippen molar-refractivity contribution in [1.29, 1.82) is 0 Å². The molecule has 5 atom stereocenters. The molecule has 0 saturated heterocycles. The Kier molecular flexibility index (Phi) is 2.72. The maximum Gasteiger partial charge on any atom is 0.0930 e. The lowest BCUT2D eigenvalue weighted by Gasteiger charge is -2.39. The van der Waals surface area contributed by atoms with Crippen LogP contribution < -0.4 is 0 Å². The summed E-state index contributed by atoms with van der Waals surface area (Å²) in [5.74, 6) is 2.77. The zero-order valence-corrected chi connectivity index (χ0v) is 12.3. The second kappa shape index (κ2) is 4.13. The van der Waals surface area contributed by atoms with Crippen LogP contribution in [-0.4, -0.2) is 5.11 Å². The second-order valence-electron chi connectivity index (χ2n) is 6.62. The molecule has 5 unspecified atom stereocenters. The van der Waals surface area contributed by atoms with Crippen LogP contribution in [0.25, 0.3) is 0 Å². The minimum absolute atomic E-state index is 0.433. The smallest absolute Gasteiger partial charge is 0.0930 e. The Labute approximate surface area is 123 Å². The van der Waals surface area contributed by atoms with E-state index in [1.807, 2.05) is 18.2 Å². The van der Waals surface area contributed by atoms with Crippen LogP contribution in [0.1, 0.15) is 37.7 Å². The number of rotatable bonds is 1. The van der Waals surface area contributed by atoms with Gasteiger partial charge in [-0.05, 0) is 67.1 Å². The fraction of sp³-hybridized carbons (Fsp3) is 0.625. The third-order valence-electron chi connectivity index (χ3n) is 5.91.